The van der Waals surface area contributed by atoms with Gasteiger partial charge in [-0.1, -0.05) is 33.1 Å². The molecule has 1 atom stereocenters. The van der Waals surface area contributed by atoms with Crippen LogP contribution < -0.4 is 5.32 Å². The van der Waals surface area contributed by atoms with Crippen molar-refractivity contribution in [2.24, 2.45) is 5.92 Å². The van der Waals surface area contributed by atoms with Crippen LogP contribution in [0.1, 0.15) is 56.9 Å². The summed E-state index contributed by atoms with van der Waals surface area (Å²) in [6.45, 7) is 8.03. The van der Waals surface area contributed by atoms with Crippen LogP contribution in [-0.4, -0.2) is 17.0 Å². The van der Waals surface area contributed by atoms with E-state index in [0.717, 1.165) is 29.7 Å². The van der Waals surface area contributed by atoms with Crippen molar-refractivity contribution < 1.29 is 4.79 Å². The van der Waals surface area contributed by atoms with Crippen LogP contribution in [0.5, 0.6) is 0 Å². The van der Waals surface area contributed by atoms with Gasteiger partial charge in [-0.15, -0.1) is 0 Å². The molecule has 0 aliphatic heterocycles. The predicted octanol–water partition coefficient (Wildman–Crippen LogP) is 4.22. The van der Waals surface area contributed by atoms with Crippen molar-refractivity contribution in [3.63, 3.8) is 0 Å². The lowest BCUT2D eigenvalue weighted by Crippen LogP contribution is -2.30. The standard InChI is InChI=1S/C15H25BrN2O/c1-4-7-8-12(5-2)10-17-15(19)14-9-13(16)11-18(14)6-3/h9,11-12H,4-8,10H2,1-3H3,(H,17,19). The molecule has 0 bridgehead atoms. The summed E-state index contributed by atoms with van der Waals surface area (Å²) in [6, 6.07) is 1.88. The SMILES string of the molecule is CCCCC(CC)CNC(=O)c1cc(Br)cn1CC. The summed E-state index contributed by atoms with van der Waals surface area (Å²) in [6.07, 6.45) is 6.73. The largest absolute Gasteiger partial charge is 0.350 e. The van der Waals surface area contributed by atoms with E-state index in [-0.39, 0.29) is 5.91 Å². The number of aryl methyl sites for hydroxylation is 1. The minimum atomic E-state index is 0.0301. The molecule has 0 saturated heterocycles. The molecule has 19 heavy (non-hydrogen) atoms. The topological polar surface area (TPSA) is 34.0 Å². The van der Waals surface area contributed by atoms with Crippen molar-refractivity contribution in [2.75, 3.05) is 6.54 Å². The highest BCUT2D eigenvalue weighted by Gasteiger charge is 2.13. The Bertz CT molecular complexity index is 401. The second-order valence-electron chi connectivity index (χ2n) is 4.96. The lowest BCUT2D eigenvalue weighted by molar-refractivity contribution is 0.0936. The molecule has 0 aliphatic carbocycles. The van der Waals surface area contributed by atoms with Crippen LogP contribution in [0.3, 0.4) is 0 Å². The molecular weight excluding hydrogens is 304 g/mol. The molecule has 0 saturated carbocycles. The molecule has 1 heterocycles. The van der Waals surface area contributed by atoms with Crippen molar-refractivity contribution in [3.05, 3.63) is 22.4 Å². The average molecular weight is 329 g/mol. The maximum Gasteiger partial charge on any atom is 0.267 e. The number of aromatic nitrogens is 1. The Hall–Kier alpha value is -0.770. The van der Waals surface area contributed by atoms with Crippen molar-refractivity contribution in [1.82, 2.24) is 9.88 Å². The van der Waals surface area contributed by atoms with Gasteiger partial charge in [0, 0.05) is 23.8 Å². The van der Waals surface area contributed by atoms with Crippen molar-refractivity contribution in [3.8, 4) is 0 Å². The second-order valence-corrected chi connectivity index (χ2v) is 5.87. The van der Waals surface area contributed by atoms with Crippen LogP contribution in [0.25, 0.3) is 0 Å². The third-order valence-electron chi connectivity index (χ3n) is 3.53. The summed E-state index contributed by atoms with van der Waals surface area (Å²) in [5, 5.41) is 3.07. The molecule has 1 unspecified atom stereocenters. The van der Waals surface area contributed by atoms with Gasteiger partial charge in [-0.2, -0.15) is 0 Å². The zero-order valence-electron chi connectivity index (χ0n) is 12.2. The Balaban J connectivity index is 2.54. The van der Waals surface area contributed by atoms with Gasteiger partial charge in [-0.3, -0.25) is 4.79 Å². The first-order valence-corrected chi connectivity index (χ1v) is 8.05. The van der Waals surface area contributed by atoms with Crippen LogP contribution in [0.2, 0.25) is 0 Å². The number of nitrogens with one attached hydrogen (secondary N) is 1. The molecule has 4 heteroatoms. The summed E-state index contributed by atoms with van der Waals surface area (Å²) >= 11 is 3.42. The van der Waals surface area contributed by atoms with E-state index in [9.17, 15) is 4.79 Å². The van der Waals surface area contributed by atoms with Crippen LogP contribution in [0.15, 0.2) is 16.7 Å². The van der Waals surface area contributed by atoms with Crippen LogP contribution in [-0.2, 0) is 6.54 Å². The molecule has 0 spiro atoms. The minimum absolute atomic E-state index is 0.0301. The molecule has 3 nitrogen and oxygen atoms in total. The van der Waals surface area contributed by atoms with E-state index in [2.05, 4.69) is 35.1 Å². The molecule has 1 rings (SSSR count). The maximum atomic E-state index is 12.2. The van der Waals surface area contributed by atoms with Gasteiger partial charge >= 0.3 is 0 Å². The number of hydrogen-bond acceptors (Lipinski definition) is 1. The van der Waals surface area contributed by atoms with E-state index >= 15 is 0 Å². The Labute approximate surface area is 124 Å². The fraction of sp³-hybridized carbons (Fsp3) is 0.667. The average Bonchev–Trinajstić information content (AvgIpc) is 2.80. The number of hydrogen-bond donors (Lipinski definition) is 1. The van der Waals surface area contributed by atoms with E-state index < -0.39 is 0 Å². The number of amides is 1. The molecule has 0 aromatic carbocycles. The fourth-order valence-electron chi connectivity index (χ4n) is 2.20. The number of nitrogens with zero attached hydrogens (tertiary/aromatic N) is 1. The minimum Gasteiger partial charge on any atom is -0.350 e. The summed E-state index contributed by atoms with van der Waals surface area (Å²) < 4.78 is 2.92. The summed E-state index contributed by atoms with van der Waals surface area (Å²) in [5.41, 5.74) is 0.736. The van der Waals surface area contributed by atoms with Gasteiger partial charge in [0.1, 0.15) is 5.69 Å². The number of carbonyl (C=O) groups excluding carboxylic acids is 1. The third kappa shape index (κ3) is 5.01. The van der Waals surface area contributed by atoms with E-state index in [1.54, 1.807) is 0 Å². The van der Waals surface area contributed by atoms with Gasteiger partial charge in [0.2, 0.25) is 0 Å². The Kier molecular flexibility index (Phi) is 7.21. The zero-order valence-corrected chi connectivity index (χ0v) is 13.8. The van der Waals surface area contributed by atoms with E-state index in [4.69, 9.17) is 0 Å². The Morgan fingerprint density at radius 1 is 1.42 bits per heavy atom. The Morgan fingerprint density at radius 2 is 2.16 bits per heavy atom. The second kappa shape index (κ2) is 8.41. The van der Waals surface area contributed by atoms with Gasteiger partial charge in [-0.05, 0) is 41.3 Å². The van der Waals surface area contributed by atoms with Crippen LogP contribution >= 0.6 is 15.9 Å². The number of halogens is 1. The summed E-state index contributed by atoms with van der Waals surface area (Å²) in [7, 11) is 0. The molecule has 0 radical (unpaired) electrons. The fourth-order valence-corrected chi connectivity index (χ4v) is 2.66. The van der Waals surface area contributed by atoms with Gasteiger partial charge in [0.05, 0.1) is 0 Å². The first kappa shape index (κ1) is 16.3. The monoisotopic (exact) mass is 328 g/mol. The predicted molar refractivity (Wildman–Crippen MR) is 83.4 cm³/mol. The normalized spacial score (nSPS) is 12.4. The molecule has 1 aromatic rings. The quantitative estimate of drug-likeness (QED) is 0.761. The molecule has 108 valence electrons. The molecule has 1 N–H and O–H groups in total. The van der Waals surface area contributed by atoms with Gasteiger partial charge in [0.25, 0.3) is 5.91 Å². The summed E-state index contributed by atoms with van der Waals surface area (Å²) in [4.78, 5) is 12.2. The highest BCUT2D eigenvalue weighted by molar-refractivity contribution is 9.10. The first-order valence-electron chi connectivity index (χ1n) is 7.26. The highest BCUT2D eigenvalue weighted by atomic mass is 79.9. The lowest BCUT2D eigenvalue weighted by Gasteiger charge is -2.15. The first-order chi connectivity index (χ1) is 9.12. The highest BCUT2D eigenvalue weighted by Crippen LogP contribution is 2.16. The molecule has 1 aromatic heterocycles. The van der Waals surface area contributed by atoms with E-state index in [1.807, 2.05) is 23.8 Å². The smallest absolute Gasteiger partial charge is 0.267 e. The van der Waals surface area contributed by atoms with Crippen molar-refractivity contribution >= 4 is 21.8 Å². The number of rotatable bonds is 8. The summed E-state index contributed by atoms with van der Waals surface area (Å²) in [5.74, 6) is 0.625. The molecular formula is C15H25BrN2O. The van der Waals surface area contributed by atoms with Crippen LogP contribution in [0, 0.1) is 5.92 Å². The maximum absolute atomic E-state index is 12.2. The Morgan fingerprint density at radius 3 is 2.74 bits per heavy atom. The molecule has 0 fully saturated rings. The number of unbranched alkanes of at least 4 members (excludes halogenated alkanes) is 1. The number of carbonyl (C=O) groups is 1. The van der Waals surface area contributed by atoms with Gasteiger partial charge in [-0.25, -0.2) is 0 Å². The molecule has 1 amide bonds. The lowest BCUT2D eigenvalue weighted by atomic mass is 9.99. The van der Waals surface area contributed by atoms with E-state index in [0.29, 0.717) is 5.92 Å². The van der Waals surface area contributed by atoms with Gasteiger partial charge < -0.3 is 9.88 Å². The van der Waals surface area contributed by atoms with E-state index in [1.165, 1.54) is 19.3 Å². The van der Waals surface area contributed by atoms with Crippen LogP contribution in [0.4, 0.5) is 0 Å². The molecule has 0 aliphatic rings. The van der Waals surface area contributed by atoms with Crippen molar-refractivity contribution in [1.29, 1.82) is 0 Å². The zero-order chi connectivity index (χ0) is 14.3. The van der Waals surface area contributed by atoms with Gasteiger partial charge in [0.15, 0.2) is 0 Å². The third-order valence-corrected chi connectivity index (χ3v) is 3.96. The van der Waals surface area contributed by atoms with Crippen molar-refractivity contribution in [2.45, 2.75) is 53.0 Å².